The van der Waals surface area contributed by atoms with E-state index in [1.165, 1.54) is 0 Å². The number of nitrogens with two attached hydrogens (primary N) is 1. The van der Waals surface area contributed by atoms with Crippen LogP contribution in [0.4, 0.5) is 4.39 Å². The summed E-state index contributed by atoms with van der Waals surface area (Å²) >= 11 is 5.68. The zero-order chi connectivity index (χ0) is 12.1. The minimum absolute atomic E-state index is 0.132. The summed E-state index contributed by atoms with van der Waals surface area (Å²) < 4.78 is 18.1. The molecule has 16 heavy (non-hydrogen) atoms. The fourth-order valence-electron chi connectivity index (χ4n) is 1.22. The molecule has 0 fully saturated rings. The van der Waals surface area contributed by atoms with Crippen LogP contribution in [0.5, 0.6) is 0 Å². The second-order valence-corrected chi connectivity index (χ2v) is 3.67. The molecule has 0 aliphatic carbocycles. The SMILES string of the molecule is CCOC(=O)C(F)[C@H](N)c1ccc(Cl)cc1. The van der Waals surface area contributed by atoms with Crippen molar-refractivity contribution in [2.45, 2.75) is 19.1 Å². The van der Waals surface area contributed by atoms with Gasteiger partial charge in [-0.15, -0.1) is 0 Å². The molecule has 88 valence electrons. The highest BCUT2D eigenvalue weighted by Gasteiger charge is 2.27. The predicted octanol–water partition coefficient (Wildman–Crippen LogP) is 2.24. The molecule has 0 aliphatic heterocycles. The van der Waals surface area contributed by atoms with Gasteiger partial charge in [-0.1, -0.05) is 23.7 Å². The third-order valence-corrected chi connectivity index (χ3v) is 2.33. The largest absolute Gasteiger partial charge is 0.464 e. The highest BCUT2D eigenvalue weighted by molar-refractivity contribution is 6.30. The summed E-state index contributed by atoms with van der Waals surface area (Å²) in [6.45, 7) is 1.74. The average molecular weight is 246 g/mol. The van der Waals surface area contributed by atoms with Crippen LogP contribution in [-0.4, -0.2) is 18.7 Å². The average Bonchev–Trinajstić information content (AvgIpc) is 2.28. The molecule has 1 unspecified atom stereocenters. The first-order chi connectivity index (χ1) is 7.56. The van der Waals surface area contributed by atoms with Crippen LogP contribution in [0.1, 0.15) is 18.5 Å². The minimum atomic E-state index is -1.86. The molecule has 0 spiro atoms. The number of alkyl halides is 1. The maximum Gasteiger partial charge on any atom is 0.342 e. The van der Waals surface area contributed by atoms with E-state index in [4.69, 9.17) is 17.3 Å². The third kappa shape index (κ3) is 3.18. The molecule has 1 aromatic carbocycles. The Balaban J connectivity index is 2.73. The van der Waals surface area contributed by atoms with Crippen LogP contribution in [0, 0.1) is 0 Å². The number of rotatable bonds is 4. The Bertz CT molecular complexity index is 356. The van der Waals surface area contributed by atoms with E-state index in [9.17, 15) is 9.18 Å². The monoisotopic (exact) mass is 245 g/mol. The van der Waals surface area contributed by atoms with E-state index >= 15 is 0 Å². The van der Waals surface area contributed by atoms with Gasteiger partial charge in [0.25, 0.3) is 0 Å². The summed E-state index contributed by atoms with van der Waals surface area (Å²) in [7, 11) is 0. The Hall–Kier alpha value is -1.13. The normalized spacial score (nSPS) is 14.2. The molecule has 3 nitrogen and oxygen atoms in total. The van der Waals surface area contributed by atoms with Gasteiger partial charge < -0.3 is 10.5 Å². The van der Waals surface area contributed by atoms with Crippen molar-refractivity contribution in [3.63, 3.8) is 0 Å². The van der Waals surface area contributed by atoms with Crippen LogP contribution < -0.4 is 5.73 Å². The summed E-state index contributed by atoms with van der Waals surface area (Å²) in [4.78, 5) is 11.1. The molecular weight excluding hydrogens is 233 g/mol. The molecule has 0 aliphatic rings. The van der Waals surface area contributed by atoms with E-state index in [-0.39, 0.29) is 6.61 Å². The van der Waals surface area contributed by atoms with E-state index in [2.05, 4.69) is 4.74 Å². The third-order valence-electron chi connectivity index (χ3n) is 2.08. The van der Waals surface area contributed by atoms with Gasteiger partial charge in [-0.2, -0.15) is 0 Å². The van der Waals surface area contributed by atoms with E-state index in [1.807, 2.05) is 0 Å². The second kappa shape index (κ2) is 5.82. The van der Waals surface area contributed by atoms with Gasteiger partial charge in [0, 0.05) is 5.02 Å². The van der Waals surface area contributed by atoms with Crippen LogP contribution >= 0.6 is 11.6 Å². The summed E-state index contributed by atoms with van der Waals surface area (Å²) in [5.41, 5.74) is 6.11. The lowest BCUT2D eigenvalue weighted by atomic mass is 10.0. The number of ether oxygens (including phenoxy) is 1. The van der Waals surface area contributed by atoms with Crippen molar-refractivity contribution in [2.75, 3.05) is 6.61 Å². The second-order valence-electron chi connectivity index (χ2n) is 3.23. The molecular formula is C11H13ClFNO2. The van der Waals surface area contributed by atoms with Crippen molar-refractivity contribution in [1.29, 1.82) is 0 Å². The molecule has 1 aromatic rings. The quantitative estimate of drug-likeness (QED) is 0.828. The Kier molecular flexibility index (Phi) is 4.71. The van der Waals surface area contributed by atoms with Gasteiger partial charge in [-0.3, -0.25) is 0 Å². The molecule has 0 amide bonds. The Morgan fingerprint density at radius 3 is 2.56 bits per heavy atom. The number of esters is 1. The lowest BCUT2D eigenvalue weighted by molar-refractivity contribution is -0.149. The van der Waals surface area contributed by atoms with Crippen molar-refractivity contribution in [2.24, 2.45) is 5.73 Å². The van der Waals surface area contributed by atoms with Crippen LogP contribution in [0.3, 0.4) is 0 Å². The highest BCUT2D eigenvalue weighted by atomic mass is 35.5. The first-order valence-corrected chi connectivity index (χ1v) is 5.25. The topological polar surface area (TPSA) is 52.3 Å². The molecule has 0 saturated carbocycles. The van der Waals surface area contributed by atoms with Gasteiger partial charge in [-0.05, 0) is 24.6 Å². The van der Waals surface area contributed by atoms with E-state index in [0.717, 1.165) is 0 Å². The Morgan fingerprint density at radius 1 is 1.50 bits per heavy atom. The van der Waals surface area contributed by atoms with Gasteiger partial charge in [0.2, 0.25) is 6.17 Å². The predicted molar refractivity (Wildman–Crippen MR) is 59.9 cm³/mol. The standard InChI is InChI=1S/C11H13ClFNO2/c1-2-16-11(15)9(13)10(14)7-3-5-8(12)6-4-7/h3-6,9-10H,2,14H2,1H3/t9?,10-/m1/s1. The van der Waals surface area contributed by atoms with E-state index < -0.39 is 18.2 Å². The van der Waals surface area contributed by atoms with Gasteiger partial charge in [-0.25, -0.2) is 9.18 Å². The van der Waals surface area contributed by atoms with Gasteiger partial charge in [0.05, 0.1) is 12.6 Å². The summed E-state index contributed by atoms with van der Waals surface area (Å²) in [6, 6.07) is 5.32. The fourth-order valence-corrected chi connectivity index (χ4v) is 1.35. The van der Waals surface area contributed by atoms with Crippen molar-refractivity contribution < 1.29 is 13.9 Å². The summed E-state index contributed by atoms with van der Waals surface area (Å²) in [6.07, 6.45) is -1.86. The van der Waals surface area contributed by atoms with Crippen LogP contribution in [-0.2, 0) is 9.53 Å². The van der Waals surface area contributed by atoms with Crippen LogP contribution in [0.25, 0.3) is 0 Å². The van der Waals surface area contributed by atoms with E-state index in [0.29, 0.717) is 10.6 Å². The number of carbonyl (C=O) groups is 1. The molecule has 0 aromatic heterocycles. The van der Waals surface area contributed by atoms with Crippen LogP contribution in [0.15, 0.2) is 24.3 Å². The zero-order valence-electron chi connectivity index (χ0n) is 8.82. The maximum absolute atomic E-state index is 13.5. The number of halogens is 2. The zero-order valence-corrected chi connectivity index (χ0v) is 9.58. The minimum Gasteiger partial charge on any atom is -0.464 e. The number of benzene rings is 1. The summed E-state index contributed by atoms with van der Waals surface area (Å²) in [5.74, 6) is -0.940. The van der Waals surface area contributed by atoms with Gasteiger partial charge in [0.1, 0.15) is 0 Å². The fraction of sp³-hybridized carbons (Fsp3) is 0.364. The Morgan fingerprint density at radius 2 is 2.06 bits per heavy atom. The van der Waals surface area contributed by atoms with Crippen molar-refractivity contribution in [3.8, 4) is 0 Å². The number of hydrogen-bond donors (Lipinski definition) is 1. The molecule has 1 rings (SSSR count). The van der Waals surface area contributed by atoms with Crippen molar-refractivity contribution in [1.82, 2.24) is 0 Å². The van der Waals surface area contributed by atoms with Crippen molar-refractivity contribution in [3.05, 3.63) is 34.9 Å². The van der Waals surface area contributed by atoms with Gasteiger partial charge >= 0.3 is 5.97 Å². The Labute approximate surface area is 98.3 Å². The maximum atomic E-state index is 13.5. The smallest absolute Gasteiger partial charge is 0.342 e. The number of hydrogen-bond acceptors (Lipinski definition) is 3. The molecule has 2 atom stereocenters. The number of carbonyl (C=O) groups excluding carboxylic acids is 1. The van der Waals surface area contributed by atoms with E-state index in [1.54, 1.807) is 31.2 Å². The first kappa shape index (κ1) is 12.9. The lowest BCUT2D eigenvalue weighted by Crippen LogP contribution is -2.31. The highest BCUT2D eigenvalue weighted by Crippen LogP contribution is 2.20. The molecule has 0 radical (unpaired) electrons. The van der Waals surface area contributed by atoms with Crippen LogP contribution in [0.2, 0.25) is 5.02 Å². The summed E-state index contributed by atoms with van der Waals surface area (Å²) in [5, 5.41) is 0.530. The molecule has 0 saturated heterocycles. The lowest BCUT2D eigenvalue weighted by Gasteiger charge is -2.15. The molecule has 0 heterocycles. The molecule has 2 N–H and O–H groups in total. The van der Waals surface area contributed by atoms with Gasteiger partial charge in [0.15, 0.2) is 0 Å². The molecule has 0 bridgehead atoms. The molecule has 5 heteroatoms. The first-order valence-electron chi connectivity index (χ1n) is 4.88. The van der Waals surface area contributed by atoms with Crippen molar-refractivity contribution >= 4 is 17.6 Å².